The van der Waals surface area contributed by atoms with Gasteiger partial charge in [-0.1, -0.05) is 91.0 Å². The van der Waals surface area contributed by atoms with E-state index in [1.165, 1.54) is 16.7 Å². The topological polar surface area (TPSA) is 17.8 Å². The first-order chi connectivity index (χ1) is 12.9. The van der Waals surface area contributed by atoms with Crippen molar-refractivity contribution in [1.82, 2.24) is 9.55 Å². The molecule has 0 unspecified atom stereocenters. The van der Waals surface area contributed by atoms with Crippen LogP contribution in [-0.2, 0) is 11.4 Å². The standard InChI is InChI=1S/C23H19ClN2/c24-16-22-17-25-18-26(22)23(19-10-4-1-5-11-19,20-12-6-2-7-13-20)21-14-8-3-9-15-21/h1-15,17-18H,16H2. The summed E-state index contributed by atoms with van der Waals surface area (Å²) >= 11 is 6.28. The van der Waals surface area contributed by atoms with Crippen LogP contribution in [0.5, 0.6) is 0 Å². The Morgan fingerprint density at radius 1 is 0.692 bits per heavy atom. The summed E-state index contributed by atoms with van der Waals surface area (Å²) < 4.78 is 2.19. The average molecular weight is 359 g/mol. The lowest BCUT2D eigenvalue weighted by atomic mass is 9.76. The van der Waals surface area contributed by atoms with Crippen molar-refractivity contribution in [3.63, 3.8) is 0 Å². The van der Waals surface area contributed by atoms with Crippen molar-refractivity contribution in [2.75, 3.05) is 0 Å². The molecule has 0 fully saturated rings. The molecule has 4 aromatic rings. The maximum atomic E-state index is 6.28. The zero-order valence-corrected chi connectivity index (χ0v) is 15.1. The summed E-state index contributed by atoms with van der Waals surface area (Å²) in [4.78, 5) is 4.41. The summed E-state index contributed by atoms with van der Waals surface area (Å²) in [7, 11) is 0. The van der Waals surface area contributed by atoms with E-state index in [9.17, 15) is 0 Å². The number of alkyl halides is 1. The number of aromatic nitrogens is 2. The van der Waals surface area contributed by atoms with Gasteiger partial charge in [0.1, 0.15) is 5.54 Å². The van der Waals surface area contributed by atoms with Crippen LogP contribution in [0.15, 0.2) is 104 Å². The van der Waals surface area contributed by atoms with Crippen molar-refractivity contribution in [3.05, 3.63) is 126 Å². The molecule has 0 aliphatic rings. The Balaban J connectivity index is 2.15. The second-order valence-corrected chi connectivity index (χ2v) is 6.46. The van der Waals surface area contributed by atoms with Crippen molar-refractivity contribution < 1.29 is 0 Å². The number of imidazole rings is 1. The third-order valence-corrected chi connectivity index (χ3v) is 5.06. The minimum atomic E-state index is -0.537. The van der Waals surface area contributed by atoms with Gasteiger partial charge in [0.2, 0.25) is 0 Å². The van der Waals surface area contributed by atoms with Gasteiger partial charge < -0.3 is 4.57 Å². The second-order valence-electron chi connectivity index (χ2n) is 6.20. The van der Waals surface area contributed by atoms with Gasteiger partial charge in [0.15, 0.2) is 0 Å². The lowest BCUT2D eigenvalue weighted by Crippen LogP contribution is -2.38. The van der Waals surface area contributed by atoms with Gasteiger partial charge in [0.25, 0.3) is 0 Å². The molecule has 0 N–H and O–H groups in total. The van der Waals surface area contributed by atoms with Crippen LogP contribution in [0.25, 0.3) is 0 Å². The Kier molecular flexibility index (Phi) is 4.59. The van der Waals surface area contributed by atoms with Gasteiger partial charge in [-0.3, -0.25) is 0 Å². The highest BCUT2D eigenvalue weighted by atomic mass is 35.5. The Morgan fingerprint density at radius 3 is 1.50 bits per heavy atom. The van der Waals surface area contributed by atoms with Gasteiger partial charge in [-0.2, -0.15) is 0 Å². The van der Waals surface area contributed by atoms with Crippen molar-refractivity contribution in [1.29, 1.82) is 0 Å². The molecule has 0 spiro atoms. The summed E-state index contributed by atoms with van der Waals surface area (Å²) in [5, 5.41) is 0. The molecular weight excluding hydrogens is 340 g/mol. The zero-order chi connectivity index (χ0) is 17.8. The molecule has 3 heteroatoms. The minimum absolute atomic E-state index is 0.397. The van der Waals surface area contributed by atoms with Crippen LogP contribution in [0, 0.1) is 0 Å². The lowest BCUT2D eigenvalue weighted by Gasteiger charge is -2.38. The van der Waals surface area contributed by atoms with E-state index in [4.69, 9.17) is 11.6 Å². The van der Waals surface area contributed by atoms with Crippen LogP contribution in [0.3, 0.4) is 0 Å². The molecule has 2 nitrogen and oxygen atoms in total. The number of rotatable bonds is 5. The van der Waals surface area contributed by atoms with Crippen LogP contribution in [-0.4, -0.2) is 9.55 Å². The van der Waals surface area contributed by atoms with E-state index in [-0.39, 0.29) is 0 Å². The molecular formula is C23H19ClN2. The van der Waals surface area contributed by atoms with E-state index in [1.807, 2.05) is 30.7 Å². The molecule has 1 heterocycles. The Hall–Kier alpha value is -2.84. The van der Waals surface area contributed by atoms with E-state index in [0.717, 1.165) is 5.69 Å². The fourth-order valence-corrected chi connectivity index (χ4v) is 3.88. The number of halogens is 1. The summed E-state index contributed by atoms with van der Waals surface area (Å²) in [5.74, 6) is 0.397. The lowest BCUT2D eigenvalue weighted by molar-refractivity contribution is 0.502. The molecule has 0 atom stereocenters. The Morgan fingerprint density at radius 2 is 1.12 bits per heavy atom. The highest BCUT2D eigenvalue weighted by Gasteiger charge is 2.39. The SMILES string of the molecule is ClCc1cncn1C(c1ccccc1)(c1ccccc1)c1ccccc1. The number of nitrogens with zero attached hydrogens (tertiary/aromatic N) is 2. The van der Waals surface area contributed by atoms with Crippen LogP contribution < -0.4 is 0 Å². The van der Waals surface area contributed by atoms with Crippen LogP contribution in [0.1, 0.15) is 22.4 Å². The normalized spacial score (nSPS) is 11.4. The monoisotopic (exact) mass is 358 g/mol. The van der Waals surface area contributed by atoms with E-state index in [2.05, 4.69) is 82.3 Å². The van der Waals surface area contributed by atoms with Gasteiger partial charge in [-0.15, -0.1) is 11.6 Å². The van der Waals surface area contributed by atoms with Crippen molar-refractivity contribution in [2.24, 2.45) is 0 Å². The van der Waals surface area contributed by atoms with Crippen molar-refractivity contribution in [3.8, 4) is 0 Å². The van der Waals surface area contributed by atoms with E-state index in [1.54, 1.807) is 0 Å². The molecule has 4 rings (SSSR count). The molecule has 0 bridgehead atoms. The molecule has 3 aromatic carbocycles. The van der Waals surface area contributed by atoms with Crippen LogP contribution >= 0.6 is 11.6 Å². The average Bonchev–Trinajstić information content (AvgIpc) is 3.20. The third kappa shape index (κ3) is 2.63. The Labute approximate surface area is 158 Å². The molecule has 0 aliphatic heterocycles. The third-order valence-electron chi connectivity index (χ3n) is 4.79. The summed E-state index contributed by atoms with van der Waals surface area (Å²) in [6.45, 7) is 0. The second kappa shape index (κ2) is 7.19. The van der Waals surface area contributed by atoms with E-state index >= 15 is 0 Å². The van der Waals surface area contributed by atoms with Gasteiger partial charge in [-0.25, -0.2) is 4.98 Å². The molecule has 1 aromatic heterocycles. The highest BCUT2D eigenvalue weighted by molar-refractivity contribution is 6.16. The molecule has 0 saturated heterocycles. The molecule has 0 saturated carbocycles. The summed E-state index contributed by atoms with van der Waals surface area (Å²) in [6.07, 6.45) is 3.72. The first kappa shape index (κ1) is 16.6. The fourth-order valence-electron chi connectivity index (χ4n) is 3.68. The number of hydrogen-bond donors (Lipinski definition) is 0. The molecule has 0 aliphatic carbocycles. The molecule has 128 valence electrons. The molecule has 26 heavy (non-hydrogen) atoms. The predicted molar refractivity (Wildman–Crippen MR) is 106 cm³/mol. The quantitative estimate of drug-likeness (QED) is 0.342. The first-order valence-corrected chi connectivity index (χ1v) is 9.15. The minimum Gasteiger partial charge on any atom is -0.315 e. The van der Waals surface area contributed by atoms with Crippen LogP contribution in [0.4, 0.5) is 0 Å². The van der Waals surface area contributed by atoms with Crippen LogP contribution in [0.2, 0.25) is 0 Å². The number of hydrogen-bond acceptors (Lipinski definition) is 1. The first-order valence-electron chi connectivity index (χ1n) is 8.61. The van der Waals surface area contributed by atoms with Gasteiger partial charge in [-0.05, 0) is 16.7 Å². The summed E-state index contributed by atoms with van der Waals surface area (Å²) in [6, 6.07) is 31.6. The van der Waals surface area contributed by atoms with E-state index in [0.29, 0.717) is 5.88 Å². The smallest absolute Gasteiger partial charge is 0.121 e. The van der Waals surface area contributed by atoms with Gasteiger partial charge in [0, 0.05) is 6.20 Å². The maximum Gasteiger partial charge on any atom is 0.121 e. The zero-order valence-electron chi connectivity index (χ0n) is 14.3. The van der Waals surface area contributed by atoms with Gasteiger partial charge in [0.05, 0.1) is 17.9 Å². The molecule has 0 radical (unpaired) electrons. The number of benzene rings is 3. The predicted octanol–water partition coefficient (Wildman–Crippen LogP) is 5.46. The molecule has 0 amide bonds. The van der Waals surface area contributed by atoms with Gasteiger partial charge >= 0.3 is 0 Å². The highest BCUT2D eigenvalue weighted by Crippen LogP contribution is 2.41. The van der Waals surface area contributed by atoms with Crippen molar-refractivity contribution in [2.45, 2.75) is 11.4 Å². The fraction of sp³-hybridized carbons (Fsp3) is 0.0870. The Bertz CT molecular complexity index is 866. The maximum absolute atomic E-state index is 6.28. The van der Waals surface area contributed by atoms with E-state index < -0.39 is 5.54 Å². The summed E-state index contributed by atoms with van der Waals surface area (Å²) in [5.41, 5.74) is 3.94. The largest absolute Gasteiger partial charge is 0.315 e. The van der Waals surface area contributed by atoms with Crippen molar-refractivity contribution >= 4 is 11.6 Å².